The highest BCUT2D eigenvalue weighted by molar-refractivity contribution is 5.69. The number of carbonyl (C=O) groups is 1. The van der Waals surface area contributed by atoms with Crippen molar-refractivity contribution in [1.82, 2.24) is 0 Å². The second-order valence-electron chi connectivity index (χ2n) is 7.00. The summed E-state index contributed by atoms with van der Waals surface area (Å²) in [5, 5.41) is 0. The normalized spacial score (nSPS) is 14.6. The van der Waals surface area contributed by atoms with Crippen LogP contribution in [0.5, 0.6) is 0 Å². The summed E-state index contributed by atoms with van der Waals surface area (Å²) in [6.07, 6.45) is 3.55. The molecule has 4 heteroatoms. The first kappa shape index (κ1) is 21.5. The Hall–Kier alpha value is -1.55. The van der Waals surface area contributed by atoms with Gasteiger partial charge in [0.25, 0.3) is 0 Å². The first-order valence-electron chi connectivity index (χ1n) is 9.38. The van der Waals surface area contributed by atoms with Crippen molar-refractivity contribution in [3.05, 3.63) is 29.8 Å². The van der Waals surface area contributed by atoms with E-state index in [-0.39, 0.29) is 12.1 Å². The van der Waals surface area contributed by atoms with Crippen LogP contribution in [-0.2, 0) is 14.3 Å². The molecule has 3 unspecified atom stereocenters. The van der Waals surface area contributed by atoms with Crippen LogP contribution >= 0.6 is 0 Å². The Morgan fingerprint density at radius 1 is 1.16 bits per heavy atom. The summed E-state index contributed by atoms with van der Waals surface area (Å²) in [6, 6.07) is 8.60. The third kappa shape index (κ3) is 7.07. The van der Waals surface area contributed by atoms with Crippen molar-refractivity contribution in [2.45, 2.75) is 52.6 Å². The molecular weight excluding hydrogens is 314 g/mol. The van der Waals surface area contributed by atoms with E-state index in [9.17, 15) is 4.79 Å². The van der Waals surface area contributed by atoms with Gasteiger partial charge in [0.15, 0.2) is 0 Å². The molecule has 25 heavy (non-hydrogen) atoms. The highest BCUT2D eigenvalue weighted by Gasteiger charge is 2.24. The molecule has 0 aliphatic heterocycles. The average Bonchev–Trinajstić information content (AvgIpc) is 2.60. The Morgan fingerprint density at radius 2 is 1.80 bits per heavy atom. The van der Waals surface area contributed by atoms with E-state index in [0.717, 1.165) is 19.3 Å². The van der Waals surface area contributed by atoms with Crippen molar-refractivity contribution in [1.29, 1.82) is 0 Å². The van der Waals surface area contributed by atoms with Crippen LogP contribution in [0.4, 0.5) is 5.69 Å². The number of esters is 1. The summed E-state index contributed by atoms with van der Waals surface area (Å²) in [4.78, 5) is 13.6. The molecule has 0 saturated heterocycles. The maximum absolute atomic E-state index is 11.6. The Morgan fingerprint density at radius 3 is 2.28 bits per heavy atom. The number of hydrogen-bond acceptors (Lipinski definition) is 4. The second kappa shape index (κ2) is 11.1. The van der Waals surface area contributed by atoms with Gasteiger partial charge in [0.2, 0.25) is 0 Å². The molecule has 0 heterocycles. The monoisotopic (exact) mass is 349 g/mol. The first-order chi connectivity index (χ1) is 11.9. The fourth-order valence-corrected chi connectivity index (χ4v) is 3.30. The third-order valence-electron chi connectivity index (χ3n) is 4.80. The fourth-order valence-electron chi connectivity index (χ4n) is 3.30. The van der Waals surface area contributed by atoms with Gasteiger partial charge in [-0.25, -0.2) is 0 Å². The summed E-state index contributed by atoms with van der Waals surface area (Å²) in [7, 11) is 5.88. The van der Waals surface area contributed by atoms with Crippen LogP contribution in [-0.4, -0.2) is 33.8 Å². The molecule has 1 aromatic carbocycles. The molecule has 0 saturated carbocycles. The minimum absolute atomic E-state index is 0.0891. The highest BCUT2D eigenvalue weighted by Crippen LogP contribution is 2.34. The smallest absolute Gasteiger partial charge is 0.305 e. The second-order valence-corrected chi connectivity index (χ2v) is 7.00. The molecule has 0 amide bonds. The third-order valence-corrected chi connectivity index (χ3v) is 4.80. The highest BCUT2D eigenvalue weighted by atomic mass is 16.5. The average molecular weight is 350 g/mol. The van der Waals surface area contributed by atoms with Crippen LogP contribution in [0.2, 0.25) is 0 Å². The maximum Gasteiger partial charge on any atom is 0.305 e. The lowest BCUT2D eigenvalue weighted by Gasteiger charge is -2.28. The molecule has 0 aliphatic carbocycles. The van der Waals surface area contributed by atoms with Crippen molar-refractivity contribution in [3.8, 4) is 0 Å². The van der Waals surface area contributed by atoms with E-state index in [4.69, 9.17) is 9.47 Å². The number of carbonyl (C=O) groups excluding carboxylic acids is 1. The maximum atomic E-state index is 11.6. The predicted octanol–water partition coefficient (Wildman–Crippen LogP) is 4.84. The molecule has 1 aromatic rings. The van der Waals surface area contributed by atoms with Gasteiger partial charge in [-0.1, -0.05) is 32.4 Å². The number of anilines is 1. The van der Waals surface area contributed by atoms with Gasteiger partial charge in [-0.2, -0.15) is 0 Å². The zero-order chi connectivity index (χ0) is 18.8. The van der Waals surface area contributed by atoms with Crippen LogP contribution in [0.1, 0.15) is 58.1 Å². The zero-order valence-electron chi connectivity index (χ0n) is 16.7. The molecule has 1 rings (SSSR count). The van der Waals surface area contributed by atoms with Crippen molar-refractivity contribution in [2.24, 2.45) is 11.8 Å². The summed E-state index contributed by atoms with van der Waals surface area (Å²) >= 11 is 0. The van der Waals surface area contributed by atoms with Crippen molar-refractivity contribution >= 4 is 11.7 Å². The lowest BCUT2D eigenvalue weighted by molar-refractivity contribution is -0.143. The van der Waals surface area contributed by atoms with Gasteiger partial charge in [0, 0.05) is 33.3 Å². The zero-order valence-corrected chi connectivity index (χ0v) is 16.7. The fraction of sp³-hybridized carbons (Fsp3) is 0.667. The molecule has 0 aromatic heterocycles. The Kier molecular flexibility index (Phi) is 9.58. The number of rotatable bonds is 11. The van der Waals surface area contributed by atoms with Crippen LogP contribution < -0.4 is 4.90 Å². The standard InChI is InChI=1S/C21H35NO3/c1-7-17(15-16(3)9-14-20(23)25-8-2)21(24-6)18-10-12-19(13-11-18)22(4)5/h10-13,16-17,21H,7-9,14-15H2,1-6H3. The lowest BCUT2D eigenvalue weighted by Crippen LogP contribution is -2.18. The molecule has 0 N–H and O–H groups in total. The summed E-state index contributed by atoms with van der Waals surface area (Å²) in [5.41, 5.74) is 2.41. The first-order valence-corrected chi connectivity index (χ1v) is 9.38. The minimum Gasteiger partial charge on any atom is -0.466 e. The SMILES string of the molecule is CCOC(=O)CCC(C)CC(CC)C(OC)c1ccc(N(C)C)cc1. The largest absolute Gasteiger partial charge is 0.466 e. The van der Waals surface area contributed by atoms with Crippen molar-refractivity contribution in [3.63, 3.8) is 0 Å². The van der Waals surface area contributed by atoms with Gasteiger partial charge in [-0.15, -0.1) is 0 Å². The van der Waals surface area contributed by atoms with Gasteiger partial charge in [-0.05, 0) is 49.3 Å². The summed E-state index contributed by atoms with van der Waals surface area (Å²) in [5.74, 6) is 0.811. The van der Waals surface area contributed by atoms with E-state index in [0.29, 0.717) is 24.9 Å². The van der Waals surface area contributed by atoms with E-state index in [1.807, 2.05) is 21.0 Å². The molecule has 0 bridgehead atoms. The Labute approximate surface area is 153 Å². The lowest BCUT2D eigenvalue weighted by atomic mass is 9.84. The van der Waals surface area contributed by atoms with E-state index >= 15 is 0 Å². The van der Waals surface area contributed by atoms with Crippen molar-refractivity contribution in [2.75, 3.05) is 32.7 Å². The molecule has 0 radical (unpaired) electrons. The van der Waals surface area contributed by atoms with E-state index in [1.165, 1.54) is 11.3 Å². The number of benzene rings is 1. The Balaban J connectivity index is 2.69. The van der Waals surface area contributed by atoms with Gasteiger partial charge < -0.3 is 14.4 Å². The van der Waals surface area contributed by atoms with Gasteiger partial charge in [-0.3, -0.25) is 4.79 Å². The molecular formula is C21H35NO3. The van der Waals surface area contributed by atoms with Gasteiger partial charge >= 0.3 is 5.97 Å². The van der Waals surface area contributed by atoms with E-state index in [1.54, 1.807) is 7.11 Å². The van der Waals surface area contributed by atoms with Crippen LogP contribution in [0, 0.1) is 11.8 Å². The van der Waals surface area contributed by atoms with Crippen LogP contribution in [0.15, 0.2) is 24.3 Å². The molecule has 0 spiro atoms. The molecule has 4 nitrogen and oxygen atoms in total. The predicted molar refractivity (Wildman–Crippen MR) is 104 cm³/mol. The summed E-state index contributed by atoms with van der Waals surface area (Å²) in [6.45, 7) is 6.73. The van der Waals surface area contributed by atoms with Gasteiger partial charge in [0.1, 0.15) is 0 Å². The molecule has 0 fully saturated rings. The summed E-state index contributed by atoms with van der Waals surface area (Å²) < 4.78 is 10.9. The minimum atomic E-state index is -0.0926. The number of nitrogens with zero attached hydrogens (tertiary/aromatic N) is 1. The Bertz CT molecular complexity index is 498. The molecule has 142 valence electrons. The van der Waals surface area contributed by atoms with Crippen LogP contribution in [0.25, 0.3) is 0 Å². The molecule has 0 aliphatic rings. The molecule has 3 atom stereocenters. The van der Waals surface area contributed by atoms with Gasteiger partial charge in [0.05, 0.1) is 12.7 Å². The number of hydrogen-bond donors (Lipinski definition) is 0. The quantitative estimate of drug-likeness (QED) is 0.536. The van der Waals surface area contributed by atoms with E-state index in [2.05, 4.69) is 43.0 Å². The number of methoxy groups -OCH3 is 1. The van der Waals surface area contributed by atoms with E-state index < -0.39 is 0 Å². The number of ether oxygens (including phenoxy) is 2. The van der Waals surface area contributed by atoms with Crippen LogP contribution in [0.3, 0.4) is 0 Å². The topological polar surface area (TPSA) is 38.8 Å². The van der Waals surface area contributed by atoms with Crippen molar-refractivity contribution < 1.29 is 14.3 Å².